The van der Waals surface area contributed by atoms with Gasteiger partial charge in [0, 0.05) is 42.7 Å². The van der Waals surface area contributed by atoms with Crippen LogP contribution in [0.2, 0.25) is 5.02 Å². The maximum absolute atomic E-state index is 16.7. The molecular weight excluding hydrogens is 533 g/mol. The van der Waals surface area contributed by atoms with E-state index in [9.17, 15) is 5.11 Å². The molecule has 3 atom stereocenters. The third-order valence-corrected chi connectivity index (χ3v) is 8.70. The molecule has 3 saturated heterocycles. The van der Waals surface area contributed by atoms with E-state index >= 15 is 4.39 Å². The van der Waals surface area contributed by atoms with Crippen LogP contribution in [-0.2, 0) is 4.74 Å². The van der Waals surface area contributed by atoms with E-state index in [0.717, 1.165) is 43.2 Å². The Bertz CT molecular complexity index is 1590. The van der Waals surface area contributed by atoms with Crippen molar-refractivity contribution in [1.29, 1.82) is 0 Å². The van der Waals surface area contributed by atoms with Crippen molar-refractivity contribution in [3.05, 3.63) is 53.3 Å². The minimum Gasteiger partial charge on any atom is -0.508 e. The third-order valence-electron chi connectivity index (χ3n) is 8.40. The zero-order valence-electron chi connectivity index (χ0n) is 22.2. The number of nitrogens with one attached hydrogen (secondary N) is 1. The highest BCUT2D eigenvalue weighted by Gasteiger charge is 2.34. The minimum atomic E-state index is -0.567. The standard InChI is InChI=1S/C30H31ClFN5O3/c1-36-8-9-39-15-20(36)16-40-30-34-28-24(29(35-30)37-13-18-6-7-19(14-37)33-18)12-25(31)26(27(28)32)23-11-21(38)10-17-4-2-3-5-22(17)23/h2-5,10-12,18-20,33,38H,6-9,13-16H2,1H3. The van der Waals surface area contributed by atoms with Crippen LogP contribution in [0.15, 0.2) is 42.5 Å². The molecular formula is C30H31ClFN5O3. The number of aromatic nitrogens is 2. The van der Waals surface area contributed by atoms with Crippen LogP contribution in [0.3, 0.4) is 0 Å². The predicted molar refractivity (Wildman–Crippen MR) is 154 cm³/mol. The van der Waals surface area contributed by atoms with Gasteiger partial charge in [-0.15, -0.1) is 0 Å². The molecule has 1 aromatic heterocycles. The lowest BCUT2D eigenvalue weighted by atomic mass is 9.96. The molecule has 3 aliphatic rings. The van der Waals surface area contributed by atoms with Gasteiger partial charge < -0.3 is 24.8 Å². The number of ether oxygens (including phenoxy) is 2. The molecule has 0 spiro atoms. The second-order valence-corrected chi connectivity index (χ2v) is 11.5. The molecule has 0 aliphatic carbocycles. The molecule has 3 fully saturated rings. The first-order valence-electron chi connectivity index (χ1n) is 13.8. The summed E-state index contributed by atoms with van der Waals surface area (Å²) in [6.45, 7) is 3.91. The normalized spacial score (nSPS) is 23.3. The number of hydrogen-bond donors (Lipinski definition) is 2. The summed E-state index contributed by atoms with van der Waals surface area (Å²) in [4.78, 5) is 13.8. The molecule has 0 saturated carbocycles. The maximum Gasteiger partial charge on any atom is 0.319 e. The number of nitrogens with zero attached hydrogens (tertiary/aromatic N) is 4. The molecule has 2 bridgehead atoms. The Labute approximate surface area is 236 Å². The first kappa shape index (κ1) is 25.7. The molecule has 4 heterocycles. The SMILES string of the molecule is CN1CCOCC1COc1nc(N2CC3CCC(C2)N3)c2cc(Cl)c(-c3cc(O)cc4ccccc34)c(F)c2n1. The second-order valence-electron chi connectivity index (χ2n) is 11.1. The number of likely N-dealkylation sites (N-methyl/N-ethyl adjacent to an activating group) is 1. The number of benzene rings is 3. The van der Waals surface area contributed by atoms with E-state index in [1.807, 2.05) is 31.3 Å². The zero-order chi connectivity index (χ0) is 27.4. The van der Waals surface area contributed by atoms with Crippen molar-refractivity contribution in [1.82, 2.24) is 20.2 Å². The molecule has 0 amide bonds. The summed E-state index contributed by atoms with van der Waals surface area (Å²) in [6, 6.07) is 13.4. The fourth-order valence-electron chi connectivity index (χ4n) is 6.27. The van der Waals surface area contributed by atoms with Crippen LogP contribution in [0.4, 0.5) is 10.2 Å². The number of aromatic hydroxyl groups is 1. The second kappa shape index (κ2) is 10.3. The lowest BCUT2D eigenvalue weighted by Gasteiger charge is -2.34. The Morgan fingerprint density at radius 3 is 2.73 bits per heavy atom. The largest absolute Gasteiger partial charge is 0.508 e. The van der Waals surface area contributed by atoms with E-state index in [-0.39, 0.29) is 33.9 Å². The molecule has 40 heavy (non-hydrogen) atoms. The Balaban J connectivity index is 1.37. The number of fused-ring (bicyclic) bond motifs is 4. The zero-order valence-corrected chi connectivity index (χ0v) is 23.0. The number of anilines is 1. The van der Waals surface area contributed by atoms with Gasteiger partial charge >= 0.3 is 6.01 Å². The lowest BCUT2D eigenvalue weighted by Crippen LogP contribution is -2.51. The van der Waals surface area contributed by atoms with E-state index in [2.05, 4.69) is 20.1 Å². The smallest absolute Gasteiger partial charge is 0.319 e. The first-order chi connectivity index (χ1) is 19.4. The van der Waals surface area contributed by atoms with Gasteiger partial charge in [-0.3, -0.25) is 4.90 Å². The van der Waals surface area contributed by atoms with Crippen molar-refractivity contribution in [2.45, 2.75) is 31.0 Å². The van der Waals surface area contributed by atoms with E-state index in [0.29, 0.717) is 48.7 Å². The average Bonchev–Trinajstić information content (AvgIpc) is 3.29. The molecule has 3 aromatic carbocycles. The van der Waals surface area contributed by atoms with Gasteiger partial charge in [0.25, 0.3) is 0 Å². The van der Waals surface area contributed by atoms with E-state index in [1.165, 1.54) is 0 Å². The van der Waals surface area contributed by atoms with E-state index in [4.69, 9.17) is 26.1 Å². The Morgan fingerprint density at radius 2 is 1.93 bits per heavy atom. The lowest BCUT2D eigenvalue weighted by molar-refractivity contribution is -0.0119. The fraction of sp³-hybridized carbons (Fsp3) is 0.400. The monoisotopic (exact) mass is 563 g/mol. The van der Waals surface area contributed by atoms with Crippen LogP contribution < -0.4 is 15.0 Å². The van der Waals surface area contributed by atoms with Gasteiger partial charge in [-0.2, -0.15) is 9.97 Å². The highest BCUT2D eigenvalue weighted by molar-refractivity contribution is 6.35. The summed E-state index contributed by atoms with van der Waals surface area (Å²) >= 11 is 6.84. The van der Waals surface area contributed by atoms with Gasteiger partial charge in [0.1, 0.15) is 23.7 Å². The maximum atomic E-state index is 16.7. The van der Waals surface area contributed by atoms with Crippen molar-refractivity contribution in [3.8, 4) is 22.9 Å². The third kappa shape index (κ3) is 4.60. The van der Waals surface area contributed by atoms with Gasteiger partial charge in [-0.05, 0) is 54.4 Å². The van der Waals surface area contributed by atoms with Gasteiger partial charge in [0.05, 0.1) is 24.3 Å². The average molecular weight is 564 g/mol. The number of rotatable bonds is 5. The van der Waals surface area contributed by atoms with Crippen LogP contribution in [0.1, 0.15) is 12.8 Å². The number of piperazine rings is 1. The van der Waals surface area contributed by atoms with Crippen molar-refractivity contribution in [3.63, 3.8) is 0 Å². The van der Waals surface area contributed by atoms with Crippen molar-refractivity contribution < 1.29 is 19.0 Å². The summed E-state index contributed by atoms with van der Waals surface area (Å²) in [5.41, 5.74) is 0.840. The van der Waals surface area contributed by atoms with E-state index < -0.39 is 5.82 Å². The highest BCUT2D eigenvalue weighted by Crippen LogP contribution is 2.42. The highest BCUT2D eigenvalue weighted by atomic mass is 35.5. The summed E-state index contributed by atoms with van der Waals surface area (Å²) in [7, 11) is 2.03. The summed E-state index contributed by atoms with van der Waals surface area (Å²) in [5.74, 6) is 0.0921. The van der Waals surface area contributed by atoms with Crippen molar-refractivity contribution in [2.75, 3.05) is 51.4 Å². The summed E-state index contributed by atoms with van der Waals surface area (Å²) < 4.78 is 28.4. The molecule has 208 valence electrons. The predicted octanol–water partition coefficient (Wildman–Crippen LogP) is 4.60. The molecule has 2 N–H and O–H groups in total. The molecule has 8 nitrogen and oxygen atoms in total. The van der Waals surface area contributed by atoms with Gasteiger partial charge in [-0.1, -0.05) is 35.9 Å². The number of hydrogen-bond acceptors (Lipinski definition) is 8. The Hall–Kier alpha value is -3.24. The fourth-order valence-corrected chi connectivity index (χ4v) is 6.56. The van der Waals surface area contributed by atoms with Crippen molar-refractivity contribution >= 4 is 39.1 Å². The van der Waals surface area contributed by atoms with Crippen LogP contribution >= 0.6 is 11.6 Å². The van der Waals surface area contributed by atoms with Crippen LogP contribution in [0.25, 0.3) is 32.8 Å². The number of phenols is 1. The van der Waals surface area contributed by atoms with Crippen LogP contribution in [-0.4, -0.2) is 84.6 Å². The molecule has 3 unspecified atom stereocenters. The summed E-state index contributed by atoms with van der Waals surface area (Å²) in [6.07, 6.45) is 2.21. The van der Waals surface area contributed by atoms with Gasteiger partial charge in [-0.25, -0.2) is 4.39 Å². The summed E-state index contributed by atoms with van der Waals surface area (Å²) in [5, 5.41) is 16.4. The number of morpholine rings is 1. The minimum absolute atomic E-state index is 0.0341. The van der Waals surface area contributed by atoms with Crippen molar-refractivity contribution in [2.24, 2.45) is 0 Å². The first-order valence-corrected chi connectivity index (χ1v) is 14.2. The van der Waals surface area contributed by atoms with E-state index in [1.54, 1.807) is 18.2 Å². The Kier molecular flexibility index (Phi) is 6.62. The molecule has 10 heteroatoms. The van der Waals surface area contributed by atoms with Crippen LogP contribution in [0, 0.1) is 5.82 Å². The molecule has 0 radical (unpaired) electrons. The van der Waals surface area contributed by atoms with Gasteiger partial charge in [0.2, 0.25) is 0 Å². The number of phenolic OH excluding ortho intramolecular Hbond substituents is 1. The molecule has 7 rings (SSSR count). The van der Waals surface area contributed by atoms with Gasteiger partial charge in [0.15, 0.2) is 5.82 Å². The van der Waals surface area contributed by atoms with Crippen LogP contribution in [0.5, 0.6) is 11.8 Å². The quantitative estimate of drug-likeness (QED) is 0.365. The molecule has 3 aliphatic heterocycles. The molecule has 4 aromatic rings. The Morgan fingerprint density at radius 1 is 1.12 bits per heavy atom. The topological polar surface area (TPSA) is 83.0 Å². The number of halogens is 2.